The molecule has 0 aliphatic carbocycles. The Hall–Kier alpha value is -6.42. The van der Waals surface area contributed by atoms with Crippen LogP contribution in [-0.2, 0) is 31.9 Å². The Morgan fingerprint density at radius 1 is 0.581 bits per heavy atom. The smallest absolute Gasteiger partial charge is 0.135 e. The first-order valence-electron chi connectivity index (χ1n) is 21.8. The summed E-state index contributed by atoms with van der Waals surface area (Å²) in [5.41, 5.74) is 10.1. The molecule has 0 unspecified atom stereocenters. The number of hydrogen-bond acceptors (Lipinski definition) is 4. The molecule has 10 rings (SSSR count). The average molecular weight is 989 g/mol. The van der Waals surface area contributed by atoms with Crippen LogP contribution in [0.1, 0.15) is 55.4 Å². The summed E-state index contributed by atoms with van der Waals surface area (Å²) in [5.74, 6) is 1.93. The summed E-state index contributed by atoms with van der Waals surface area (Å²) in [6.07, 6.45) is 1.88. The van der Waals surface area contributed by atoms with Gasteiger partial charge in [-0.2, -0.15) is 12.1 Å². The first-order valence-corrected chi connectivity index (χ1v) is 20.8. The summed E-state index contributed by atoms with van der Waals surface area (Å²) in [6.45, 7) is 15.0. The van der Waals surface area contributed by atoms with E-state index in [0.717, 1.165) is 72.6 Å². The first-order chi connectivity index (χ1) is 30.4. The zero-order valence-electron chi connectivity index (χ0n) is 37.6. The topological polar surface area (TPSA) is 33.5 Å². The van der Waals surface area contributed by atoms with Gasteiger partial charge in [0.25, 0.3) is 0 Å². The predicted octanol–water partition coefficient (Wildman–Crippen LogP) is 14.9. The molecule has 0 radical (unpaired) electrons. The summed E-state index contributed by atoms with van der Waals surface area (Å²) >= 11 is 0. The monoisotopic (exact) mass is 988 g/mol. The van der Waals surface area contributed by atoms with Gasteiger partial charge in [-0.05, 0) is 80.9 Å². The quantitative estimate of drug-likeness (QED) is 0.149. The van der Waals surface area contributed by atoms with Gasteiger partial charge in [-0.3, -0.25) is 0 Å². The van der Waals surface area contributed by atoms with Crippen molar-refractivity contribution in [3.8, 4) is 39.6 Å². The Bertz CT molecular complexity index is 3120. The van der Waals surface area contributed by atoms with E-state index in [0.29, 0.717) is 29.1 Å². The second-order valence-electron chi connectivity index (χ2n) is 17.6. The molecule has 0 saturated carbocycles. The number of aromatic nitrogens is 2. The van der Waals surface area contributed by atoms with Gasteiger partial charge >= 0.3 is 0 Å². The molecule has 62 heavy (non-hydrogen) atoms. The molecule has 0 N–H and O–H groups in total. The number of anilines is 4. The van der Waals surface area contributed by atoms with E-state index in [4.69, 9.17) is 9.72 Å². The van der Waals surface area contributed by atoms with Gasteiger partial charge in [0, 0.05) is 72.5 Å². The maximum Gasteiger partial charge on any atom is 0.135 e. The van der Waals surface area contributed by atoms with Gasteiger partial charge in [-0.25, -0.2) is 4.98 Å². The Balaban J connectivity index is 0.00000518. The number of pyridine rings is 1. The molecule has 7 aromatic carbocycles. The Morgan fingerprint density at radius 2 is 1.18 bits per heavy atom. The molecule has 0 saturated heterocycles. The molecule has 1 aliphatic rings. The molecule has 2 aromatic heterocycles. The third-order valence-corrected chi connectivity index (χ3v) is 11.4. The zero-order valence-corrected chi connectivity index (χ0v) is 37.9. The van der Waals surface area contributed by atoms with Gasteiger partial charge in [0.05, 0.1) is 2.74 Å². The molecular formula is C56H47N4OPt-3. The number of rotatable bonds is 7. The van der Waals surface area contributed by atoms with Crippen LogP contribution in [0, 0.1) is 18.8 Å². The molecule has 0 spiro atoms. The molecule has 1 aliphatic heterocycles. The minimum absolute atomic E-state index is 0. The third-order valence-electron chi connectivity index (χ3n) is 11.4. The van der Waals surface area contributed by atoms with Crippen LogP contribution < -0.4 is 14.5 Å². The van der Waals surface area contributed by atoms with Crippen molar-refractivity contribution in [3.05, 3.63) is 200 Å². The fourth-order valence-electron chi connectivity index (χ4n) is 8.18. The predicted molar refractivity (Wildman–Crippen MR) is 252 cm³/mol. The van der Waals surface area contributed by atoms with Gasteiger partial charge in [0.15, 0.2) is 0 Å². The normalized spacial score (nSPS) is 13.2. The van der Waals surface area contributed by atoms with Gasteiger partial charge < -0.3 is 19.1 Å². The second-order valence-corrected chi connectivity index (χ2v) is 17.6. The minimum atomic E-state index is -0.458. The van der Waals surface area contributed by atoms with Crippen molar-refractivity contribution in [3.63, 3.8) is 0 Å². The third kappa shape index (κ3) is 7.49. The van der Waals surface area contributed by atoms with Crippen LogP contribution in [0.15, 0.2) is 170 Å². The van der Waals surface area contributed by atoms with Gasteiger partial charge in [0.1, 0.15) is 5.82 Å². The molecular weight excluding hydrogens is 940 g/mol. The van der Waals surface area contributed by atoms with E-state index in [1.807, 2.05) is 79.0 Å². The fraction of sp³-hybridized carbons (Fsp3) is 0.143. The maximum atomic E-state index is 9.85. The number of ether oxygens (including phenoxy) is 1. The Labute approximate surface area is 382 Å². The molecule has 9 aromatic rings. The van der Waals surface area contributed by atoms with E-state index < -0.39 is 5.41 Å². The first kappa shape index (κ1) is 38.5. The summed E-state index contributed by atoms with van der Waals surface area (Å²) < 4.78 is 28.5. The standard InChI is InChI=1S/C56H47N4O.Pt/c1-55(2,3)40-30-31-57-53(34-40)60-49-25-14-13-24-45(49)46-29-28-44(36-52(46)60)61-43-23-17-22-42(35-43)58-37-59(51-27-16-15-26-50(51)58)54-47(38-18-9-7-10-19-38)32-41(56(4,5)6)33-48(54)39-20-11-8-12-21-39;/h7-34,37H,1-6H3;/q-3;/i32D,33D;. The molecule has 0 amide bonds. The molecule has 0 bridgehead atoms. The van der Waals surface area contributed by atoms with Gasteiger partial charge in [0.2, 0.25) is 0 Å². The molecule has 6 heteroatoms. The van der Waals surface area contributed by atoms with Crippen LogP contribution in [0.4, 0.5) is 22.7 Å². The Morgan fingerprint density at radius 3 is 1.84 bits per heavy atom. The molecule has 5 nitrogen and oxygen atoms in total. The zero-order chi connectivity index (χ0) is 43.6. The number of nitrogens with zero attached hydrogens (tertiary/aromatic N) is 4. The van der Waals surface area contributed by atoms with Crippen molar-refractivity contribution in [2.75, 3.05) is 9.80 Å². The van der Waals surface area contributed by atoms with E-state index in [9.17, 15) is 2.74 Å². The van der Waals surface area contributed by atoms with Crippen molar-refractivity contribution in [2.45, 2.75) is 52.4 Å². The van der Waals surface area contributed by atoms with Crippen LogP contribution in [0.5, 0.6) is 11.5 Å². The number of para-hydroxylation sites is 3. The van der Waals surface area contributed by atoms with Crippen molar-refractivity contribution in [1.29, 1.82) is 0 Å². The van der Waals surface area contributed by atoms with Crippen molar-refractivity contribution >= 4 is 44.6 Å². The Kier molecular flexibility index (Phi) is 10.0. The van der Waals surface area contributed by atoms with E-state index >= 15 is 0 Å². The molecule has 3 heterocycles. The SMILES string of the molecule is [2H]c1c(-c2ccccc2)c(N2[CH-]N(c3[c-]c(Oc4[c-]c5c(cc4)c4ccccc4n5-c4cc(C(C)(C)C)ccn4)ccc3)c3ccccc32)c(-c2ccccc2)c([2H])c1C(C)(C)C.[Pt]. The van der Waals surface area contributed by atoms with Crippen LogP contribution in [0.2, 0.25) is 0 Å². The summed E-state index contributed by atoms with van der Waals surface area (Å²) in [7, 11) is 0. The largest absolute Gasteiger partial charge is 0.509 e. The number of fused-ring (bicyclic) bond motifs is 4. The van der Waals surface area contributed by atoms with Crippen LogP contribution >= 0.6 is 0 Å². The minimum Gasteiger partial charge on any atom is -0.509 e. The molecule has 0 fully saturated rings. The molecule has 310 valence electrons. The average Bonchev–Trinajstić information content (AvgIpc) is 3.82. The number of hydrogen-bond donors (Lipinski definition) is 0. The van der Waals surface area contributed by atoms with Crippen LogP contribution in [0.3, 0.4) is 0 Å². The summed E-state index contributed by atoms with van der Waals surface area (Å²) in [6, 6.07) is 59.0. The van der Waals surface area contributed by atoms with E-state index in [1.165, 1.54) is 5.56 Å². The van der Waals surface area contributed by atoms with E-state index in [-0.39, 0.29) is 26.5 Å². The molecule has 0 atom stereocenters. The van der Waals surface area contributed by atoms with Gasteiger partial charge in [-0.1, -0.05) is 138 Å². The van der Waals surface area contributed by atoms with E-state index in [1.54, 1.807) is 0 Å². The van der Waals surface area contributed by atoms with Crippen molar-refractivity contribution in [1.82, 2.24) is 9.55 Å². The summed E-state index contributed by atoms with van der Waals surface area (Å²) in [4.78, 5) is 9.10. The van der Waals surface area contributed by atoms with Crippen molar-refractivity contribution < 1.29 is 28.5 Å². The second kappa shape index (κ2) is 16.1. The van der Waals surface area contributed by atoms with Crippen molar-refractivity contribution in [2.24, 2.45) is 0 Å². The number of benzene rings is 7. The summed E-state index contributed by atoms with van der Waals surface area (Å²) in [5, 5.41) is 2.18. The van der Waals surface area contributed by atoms with Gasteiger partial charge in [-0.15, -0.1) is 48.1 Å². The van der Waals surface area contributed by atoms with Crippen LogP contribution in [-0.4, -0.2) is 9.55 Å². The van der Waals surface area contributed by atoms with Crippen LogP contribution in [0.25, 0.3) is 49.9 Å². The van der Waals surface area contributed by atoms with E-state index in [2.05, 4.69) is 154 Å². The maximum absolute atomic E-state index is 9.85. The fourth-order valence-corrected chi connectivity index (χ4v) is 8.18.